The van der Waals surface area contributed by atoms with Crippen LogP contribution in [0.3, 0.4) is 0 Å². The van der Waals surface area contributed by atoms with E-state index in [1.807, 2.05) is 44.2 Å². The van der Waals surface area contributed by atoms with E-state index in [2.05, 4.69) is 43.9 Å². The van der Waals surface area contributed by atoms with Gasteiger partial charge in [-0.3, -0.25) is 0 Å². The summed E-state index contributed by atoms with van der Waals surface area (Å²) in [6, 6.07) is 8.60. The summed E-state index contributed by atoms with van der Waals surface area (Å²) in [7, 11) is 6.03. The van der Waals surface area contributed by atoms with Gasteiger partial charge < -0.3 is 14.7 Å². The van der Waals surface area contributed by atoms with Crippen LogP contribution in [0.2, 0.25) is 0 Å². The lowest BCUT2D eigenvalue weighted by atomic mass is 10.2. The number of hydrogen-bond donors (Lipinski definition) is 0. The molecule has 0 aliphatic carbocycles. The van der Waals surface area contributed by atoms with E-state index in [1.165, 1.54) is 0 Å². The minimum atomic E-state index is 0.433. The number of nitrogens with zero attached hydrogens (tertiary/aromatic N) is 6. The summed E-state index contributed by atoms with van der Waals surface area (Å²) >= 11 is 0. The molecule has 1 aliphatic rings. The Morgan fingerprint density at radius 2 is 1.96 bits per heavy atom. The normalized spacial score (nSPS) is 17.4. The summed E-state index contributed by atoms with van der Waals surface area (Å²) < 4.78 is 0. The Bertz CT molecular complexity index is 672. The molecule has 1 atom stereocenters. The van der Waals surface area contributed by atoms with Gasteiger partial charge in [-0.25, -0.2) is 9.97 Å². The molecule has 0 saturated carbocycles. The van der Waals surface area contributed by atoms with Gasteiger partial charge in [-0.05, 0) is 31.5 Å². The highest BCUT2D eigenvalue weighted by Crippen LogP contribution is 2.24. The Labute approximate surface area is 137 Å². The first-order chi connectivity index (χ1) is 11.0. The first kappa shape index (κ1) is 15.5. The smallest absolute Gasteiger partial charge is 0.226 e. The van der Waals surface area contributed by atoms with Crippen molar-refractivity contribution in [2.75, 3.05) is 48.9 Å². The van der Waals surface area contributed by atoms with Crippen LogP contribution in [0.15, 0.2) is 30.5 Å². The SMILES string of the molecule is Cc1cccc(N2CCC(N(C)c3ccnc(N(C)C)n3)C2)n1. The first-order valence-electron chi connectivity index (χ1n) is 7.96. The van der Waals surface area contributed by atoms with Crippen LogP contribution in [-0.4, -0.2) is 55.2 Å². The van der Waals surface area contributed by atoms with Crippen LogP contribution < -0.4 is 14.7 Å². The van der Waals surface area contributed by atoms with Gasteiger partial charge >= 0.3 is 0 Å². The predicted molar refractivity (Wildman–Crippen MR) is 94.4 cm³/mol. The largest absolute Gasteiger partial charge is 0.355 e. The maximum absolute atomic E-state index is 4.64. The lowest BCUT2D eigenvalue weighted by Gasteiger charge is -2.26. The molecule has 0 radical (unpaired) electrons. The second-order valence-corrected chi connectivity index (χ2v) is 6.25. The van der Waals surface area contributed by atoms with E-state index in [4.69, 9.17) is 0 Å². The molecule has 0 aromatic carbocycles. The van der Waals surface area contributed by atoms with Crippen LogP contribution >= 0.6 is 0 Å². The number of pyridine rings is 1. The maximum Gasteiger partial charge on any atom is 0.226 e. The lowest BCUT2D eigenvalue weighted by molar-refractivity contribution is 0.682. The predicted octanol–water partition coefficient (Wildman–Crippen LogP) is 1.96. The van der Waals surface area contributed by atoms with E-state index in [0.29, 0.717) is 6.04 Å². The van der Waals surface area contributed by atoms with Crippen molar-refractivity contribution < 1.29 is 0 Å². The van der Waals surface area contributed by atoms with E-state index >= 15 is 0 Å². The minimum Gasteiger partial charge on any atom is -0.355 e. The average Bonchev–Trinajstić information content (AvgIpc) is 3.04. The zero-order valence-corrected chi connectivity index (χ0v) is 14.3. The third-order valence-corrected chi connectivity index (χ3v) is 4.30. The zero-order chi connectivity index (χ0) is 16.4. The van der Waals surface area contributed by atoms with Gasteiger partial charge in [-0.1, -0.05) is 6.07 Å². The summed E-state index contributed by atoms with van der Waals surface area (Å²) in [6.45, 7) is 4.03. The Morgan fingerprint density at radius 1 is 1.13 bits per heavy atom. The van der Waals surface area contributed by atoms with Crippen molar-refractivity contribution in [2.24, 2.45) is 0 Å². The van der Waals surface area contributed by atoms with Gasteiger partial charge in [0.2, 0.25) is 5.95 Å². The minimum absolute atomic E-state index is 0.433. The number of rotatable bonds is 4. The number of anilines is 3. The Hall–Kier alpha value is -2.37. The highest BCUT2D eigenvalue weighted by Gasteiger charge is 2.27. The fourth-order valence-corrected chi connectivity index (χ4v) is 2.91. The van der Waals surface area contributed by atoms with Gasteiger partial charge in [0.25, 0.3) is 0 Å². The first-order valence-corrected chi connectivity index (χ1v) is 7.96. The summed E-state index contributed by atoms with van der Waals surface area (Å²) in [6.07, 6.45) is 2.93. The summed E-state index contributed by atoms with van der Waals surface area (Å²) in [5, 5.41) is 0. The molecule has 6 nitrogen and oxygen atoms in total. The third-order valence-electron chi connectivity index (χ3n) is 4.30. The third kappa shape index (κ3) is 3.36. The van der Waals surface area contributed by atoms with Crippen LogP contribution in [0, 0.1) is 6.92 Å². The number of aromatic nitrogens is 3. The summed E-state index contributed by atoms with van der Waals surface area (Å²) in [4.78, 5) is 20.1. The van der Waals surface area contributed by atoms with E-state index in [9.17, 15) is 0 Å². The highest BCUT2D eigenvalue weighted by molar-refractivity contribution is 5.46. The lowest BCUT2D eigenvalue weighted by Crippen LogP contribution is -2.35. The molecule has 3 heterocycles. The maximum atomic E-state index is 4.64. The molecule has 1 unspecified atom stereocenters. The monoisotopic (exact) mass is 312 g/mol. The van der Waals surface area contributed by atoms with Gasteiger partial charge in [0.15, 0.2) is 0 Å². The fourth-order valence-electron chi connectivity index (χ4n) is 2.91. The Balaban J connectivity index is 1.72. The van der Waals surface area contributed by atoms with E-state index in [1.54, 1.807) is 0 Å². The van der Waals surface area contributed by atoms with Gasteiger partial charge in [-0.15, -0.1) is 0 Å². The summed E-state index contributed by atoms with van der Waals surface area (Å²) in [5.74, 6) is 2.77. The van der Waals surface area contributed by atoms with Crippen molar-refractivity contribution in [3.8, 4) is 0 Å². The molecule has 3 rings (SSSR count). The van der Waals surface area contributed by atoms with Crippen LogP contribution in [-0.2, 0) is 0 Å². The number of hydrogen-bond acceptors (Lipinski definition) is 6. The molecule has 0 N–H and O–H groups in total. The molecule has 23 heavy (non-hydrogen) atoms. The van der Waals surface area contributed by atoms with Crippen LogP contribution in [0.5, 0.6) is 0 Å². The molecule has 1 aliphatic heterocycles. The van der Waals surface area contributed by atoms with E-state index in [-0.39, 0.29) is 0 Å². The molecule has 122 valence electrons. The summed E-state index contributed by atoms with van der Waals surface area (Å²) in [5.41, 5.74) is 1.06. The second kappa shape index (κ2) is 6.40. The van der Waals surface area contributed by atoms with Crippen molar-refractivity contribution in [3.63, 3.8) is 0 Å². The van der Waals surface area contributed by atoms with Gasteiger partial charge in [0, 0.05) is 52.2 Å². The molecule has 0 bridgehead atoms. The molecular formula is C17H24N6. The molecule has 1 saturated heterocycles. The molecular weight excluding hydrogens is 288 g/mol. The number of likely N-dealkylation sites (N-methyl/N-ethyl adjacent to an activating group) is 1. The number of aryl methyl sites for hydroxylation is 1. The van der Waals surface area contributed by atoms with Crippen LogP contribution in [0.4, 0.5) is 17.6 Å². The fraction of sp³-hybridized carbons (Fsp3) is 0.471. The van der Waals surface area contributed by atoms with Crippen LogP contribution in [0.1, 0.15) is 12.1 Å². The van der Waals surface area contributed by atoms with Crippen LogP contribution in [0.25, 0.3) is 0 Å². The highest BCUT2D eigenvalue weighted by atomic mass is 15.3. The van der Waals surface area contributed by atoms with Crippen molar-refractivity contribution in [2.45, 2.75) is 19.4 Å². The van der Waals surface area contributed by atoms with Gasteiger partial charge in [0.1, 0.15) is 11.6 Å². The van der Waals surface area contributed by atoms with Gasteiger partial charge in [0.05, 0.1) is 0 Å². The van der Waals surface area contributed by atoms with Crippen molar-refractivity contribution in [1.29, 1.82) is 0 Å². The molecule has 2 aromatic heterocycles. The molecule has 1 fully saturated rings. The Kier molecular flexibility index (Phi) is 4.32. The average molecular weight is 312 g/mol. The molecule has 0 amide bonds. The Morgan fingerprint density at radius 3 is 2.70 bits per heavy atom. The van der Waals surface area contributed by atoms with Crippen molar-refractivity contribution >= 4 is 17.6 Å². The molecule has 0 spiro atoms. The topological polar surface area (TPSA) is 48.4 Å². The van der Waals surface area contributed by atoms with Crippen molar-refractivity contribution in [3.05, 3.63) is 36.2 Å². The van der Waals surface area contributed by atoms with E-state index in [0.717, 1.165) is 42.8 Å². The van der Waals surface area contributed by atoms with Crippen molar-refractivity contribution in [1.82, 2.24) is 15.0 Å². The quantitative estimate of drug-likeness (QED) is 0.860. The van der Waals surface area contributed by atoms with E-state index < -0.39 is 0 Å². The zero-order valence-electron chi connectivity index (χ0n) is 14.3. The van der Waals surface area contributed by atoms with Gasteiger partial charge in [-0.2, -0.15) is 4.98 Å². The molecule has 2 aromatic rings. The standard InChI is InChI=1S/C17H24N6/c1-13-6-5-7-16(19-13)23-11-9-14(12-23)22(4)15-8-10-18-17(20-15)21(2)3/h5-8,10,14H,9,11-12H2,1-4H3. The second-order valence-electron chi connectivity index (χ2n) is 6.25. The molecule has 6 heteroatoms.